The van der Waals surface area contributed by atoms with Crippen LogP contribution in [0.15, 0.2) is 53.7 Å². The summed E-state index contributed by atoms with van der Waals surface area (Å²) in [6.45, 7) is 10.7. The van der Waals surface area contributed by atoms with Crippen molar-refractivity contribution in [1.29, 1.82) is 0 Å². The zero-order valence-electron chi connectivity index (χ0n) is 25.1. The van der Waals surface area contributed by atoms with E-state index in [4.69, 9.17) is 24.4 Å². The molecule has 0 saturated carbocycles. The average Bonchev–Trinajstić information content (AvgIpc) is 3.39. The van der Waals surface area contributed by atoms with E-state index in [1.54, 1.807) is 30.2 Å². The lowest BCUT2D eigenvalue weighted by atomic mass is 10.0. The molecule has 2 unspecified atom stereocenters. The van der Waals surface area contributed by atoms with Crippen LogP contribution in [-0.2, 0) is 30.7 Å². The van der Waals surface area contributed by atoms with Crippen molar-refractivity contribution in [3.63, 3.8) is 0 Å². The molecular weight excluding hydrogens is 589 g/mol. The van der Waals surface area contributed by atoms with Gasteiger partial charge in [0.25, 0.3) is 0 Å². The molecule has 1 aromatic carbocycles. The van der Waals surface area contributed by atoms with E-state index in [0.717, 1.165) is 0 Å². The summed E-state index contributed by atoms with van der Waals surface area (Å²) in [6.07, 6.45) is 4.64. The molecule has 43 heavy (non-hydrogen) atoms. The molecule has 2 aliphatic rings. The van der Waals surface area contributed by atoms with Gasteiger partial charge in [-0.3, -0.25) is 0 Å². The molecule has 13 heteroatoms. The molecule has 1 fully saturated rings. The van der Waals surface area contributed by atoms with E-state index in [9.17, 15) is 13.0 Å². The molecule has 3 atom stereocenters. The molecule has 5 heterocycles. The van der Waals surface area contributed by atoms with E-state index in [1.807, 2.05) is 50.2 Å². The van der Waals surface area contributed by atoms with Crippen LogP contribution in [0.25, 0.3) is 22.4 Å². The number of fused-ring (bicyclic) bond motifs is 4. The first-order chi connectivity index (χ1) is 20.4. The number of morpholine rings is 1. The summed E-state index contributed by atoms with van der Waals surface area (Å²) in [4.78, 5) is 17.6. The molecule has 0 amide bonds. The third-order valence-electron chi connectivity index (χ3n) is 8.02. The fourth-order valence-electron chi connectivity index (χ4n) is 5.54. The van der Waals surface area contributed by atoms with Crippen LogP contribution >= 0.6 is 0 Å². The predicted octanol–water partition coefficient (Wildman–Crippen LogP) is 4.15. The first-order valence-corrected chi connectivity index (χ1v) is 17.2. The third kappa shape index (κ3) is 5.11. The van der Waals surface area contributed by atoms with E-state index < -0.39 is 25.9 Å². The smallest absolute Gasteiger partial charge is 0.187 e. The van der Waals surface area contributed by atoms with Gasteiger partial charge < -0.3 is 24.2 Å². The molecule has 6 rings (SSSR count). The highest BCUT2D eigenvalue weighted by atomic mass is 32.2. The molecule has 4 aromatic rings. The highest BCUT2D eigenvalue weighted by Crippen LogP contribution is 2.46. The number of nitrogens with zero attached hydrogens (tertiary/aromatic N) is 5. The SMILES string of the molecule is CC(C)Nc1cnc2c(ccn2[S+]([O-])c2ccccc2)c1-c1nc2c(c(C(C)(C)S(C)(=O)=O)n1)OCC1COC[C@@H](C)N21. The van der Waals surface area contributed by atoms with Gasteiger partial charge in [0.05, 0.1) is 48.9 Å². The minimum atomic E-state index is -3.63. The van der Waals surface area contributed by atoms with E-state index >= 15 is 0 Å². The number of pyridine rings is 1. The fourth-order valence-corrected chi connectivity index (χ4v) is 7.12. The summed E-state index contributed by atoms with van der Waals surface area (Å²) >= 11 is -1.54. The second-order valence-corrected chi connectivity index (χ2v) is 15.8. The highest BCUT2D eigenvalue weighted by molar-refractivity contribution is 7.91. The van der Waals surface area contributed by atoms with Crippen LogP contribution in [0, 0.1) is 0 Å². The number of hydrogen-bond donors (Lipinski definition) is 1. The number of ether oxygens (including phenoxy) is 2. The Balaban J connectivity index is 1.63. The first-order valence-electron chi connectivity index (χ1n) is 14.2. The van der Waals surface area contributed by atoms with Crippen molar-refractivity contribution in [2.24, 2.45) is 0 Å². The summed E-state index contributed by atoms with van der Waals surface area (Å²) in [5.74, 6) is 1.24. The number of rotatable bonds is 7. The van der Waals surface area contributed by atoms with Gasteiger partial charge in [-0.15, -0.1) is 3.97 Å². The molecular formula is C30H36N6O5S2. The normalized spacial score (nSPS) is 19.6. The second kappa shape index (κ2) is 11.0. The third-order valence-corrected chi connectivity index (χ3v) is 11.4. The predicted molar refractivity (Wildman–Crippen MR) is 168 cm³/mol. The van der Waals surface area contributed by atoms with Gasteiger partial charge in [-0.05, 0) is 52.8 Å². The Kier molecular flexibility index (Phi) is 7.56. The maximum absolute atomic E-state index is 13.6. The Bertz CT molecular complexity index is 1780. The molecule has 11 nitrogen and oxygen atoms in total. The van der Waals surface area contributed by atoms with E-state index in [2.05, 4.69) is 17.1 Å². The van der Waals surface area contributed by atoms with Crippen LogP contribution in [0.2, 0.25) is 0 Å². The number of aromatic nitrogens is 4. The minimum Gasteiger partial charge on any atom is -0.587 e. The molecule has 0 spiro atoms. The summed E-state index contributed by atoms with van der Waals surface area (Å²) in [5.41, 5.74) is 2.10. The summed E-state index contributed by atoms with van der Waals surface area (Å²) in [7, 11) is -3.63. The van der Waals surface area contributed by atoms with Crippen LogP contribution in [-0.4, -0.2) is 76.1 Å². The van der Waals surface area contributed by atoms with Crippen LogP contribution < -0.4 is 15.0 Å². The van der Waals surface area contributed by atoms with Gasteiger partial charge in [-0.1, -0.05) is 18.2 Å². The molecule has 228 valence electrons. The minimum absolute atomic E-state index is 0.0153. The largest absolute Gasteiger partial charge is 0.587 e. The zero-order chi connectivity index (χ0) is 30.7. The van der Waals surface area contributed by atoms with Crippen molar-refractivity contribution >= 4 is 43.7 Å². The van der Waals surface area contributed by atoms with Crippen LogP contribution in [0.4, 0.5) is 11.5 Å². The lowest BCUT2D eigenvalue weighted by Crippen LogP contribution is -2.56. The van der Waals surface area contributed by atoms with Crippen molar-refractivity contribution in [2.45, 2.75) is 62.4 Å². The van der Waals surface area contributed by atoms with Gasteiger partial charge in [-0.2, -0.15) is 0 Å². The number of anilines is 2. The van der Waals surface area contributed by atoms with E-state index in [1.165, 1.54) is 6.26 Å². The standard InChI is InChI=1S/C30H36N6O5S2/c1-18(2)32-23-14-31-28-22(12-13-35(28)42(37)21-10-8-7-9-11-21)24(23)27-33-26(30(4,5)43(6,38)39)25-29(34-27)36-19(3)15-40-16-20(36)17-41-25/h7-14,18-20,32H,15-17H2,1-6H3/t19-,20?,42?/m1/s1. The van der Waals surface area contributed by atoms with Crippen molar-refractivity contribution in [2.75, 3.05) is 36.3 Å². The Morgan fingerprint density at radius 1 is 1.12 bits per heavy atom. The molecule has 0 aliphatic carbocycles. The number of hydrogen-bond acceptors (Lipinski definition) is 10. The Hall–Kier alpha value is -3.39. The monoisotopic (exact) mass is 624 g/mol. The summed E-state index contributed by atoms with van der Waals surface area (Å²) in [5, 5.41) is 4.14. The Labute approximate surface area is 254 Å². The average molecular weight is 625 g/mol. The second-order valence-electron chi connectivity index (χ2n) is 11.9. The molecule has 0 radical (unpaired) electrons. The number of nitrogens with one attached hydrogen (secondary N) is 1. The molecule has 2 aliphatic heterocycles. The van der Waals surface area contributed by atoms with Gasteiger partial charge in [-0.25, -0.2) is 23.4 Å². The number of benzene rings is 1. The Morgan fingerprint density at radius 2 is 1.86 bits per heavy atom. The Morgan fingerprint density at radius 3 is 2.56 bits per heavy atom. The van der Waals surface area contributed by atoms with Gasteiger partial charge in [0.2, 0.25) is 0 Å². The lowest BCUT2D eigenvalue weighted by molar-refractivity contribution is 0.0482. The van der Waals surface area contributed by atoms with Gasteiger partial charge >= 0.3 is 0 Å². The van der Waals surface area contributed by atoms with E-state index in [-0.39, 0.29) is 18.1 Å². The summed E-state index contributed by atoms with van der Waals surface area (Å²) < 4.78 is 52.2. The maximum atomic E-state index is 13.6. The van der Waals surface area contributed by atoms with Crippen LogP contribution in [0.5, 0.6) is 5.75 Å². The molecule has 1 saturated heterocycles. The van der Waals surface area contributed by atoms with Gasteiger partial charge in [0, 0.05) is 17.7 Å². The van der Waals surface area contributed by atoms with Gasteiger partial charge in [0.15, 0.2) is 37.8 Å². The summed E-state index contributed by atoms with van der Waals surface area (Å²) in [6, 6.07) is 11.0. The maximum Gasteiger partial charge on any atom is 0.187 e. The van der Waals surface area contributed by atoms with Crippen molar-refractivity contribution in [3.8, 4) is 17.1 Å². The lowest BCUT2D eigenvalue weighted by Gasteiger charge is -2.45. The first kappa shape index (κ1) is 29.7. The van der Waals surface area contributed by atoms with Crippen molar-refractivity contribution in [3.05, 3.63) is 54.5 Å². The topological polar surface area (TPSA) is 135 Å². The van der Waals surface area contributed by atoms with Gasteiger partial charge in [0.1, 0.15) is 28.4 Å². The zero-order valence-corrected chi connectivity index (χ0v) is 26.7. The quantitative estimate of drug-likeness (QED) is 0.299. The number of sulfone groups is 1. The molecule has 3 aromatic heterocycles. The fraction of sp³-hybridized carbons (Fsp3) is 0.433. The van der Waals surface area contributed by atoms with E-state index in [0.29, 0.717) is 70.1 Å². The van der Waals surface area contributed by atoms with Crippen molar-refractivity contribution < 1.29 is 22.4 Å². The van der Waals surface area contributed by atoms with Crippen molar-refractivity contribution in [1.82, 2.24) is 18.9 Å². The van der Waals surface area contributed by atoms with Crippen LogP contribution in [0.3, 0.4) is 0 Å². The molecule has 1 N–H and O–H groups in total. The highest BCUT2D eigenvalue weighted by Gasteiger charge is 2.44. The molecule has 0 bridgehead atoms. The van der Waals surface area contributed by atoms with Crippen LogP contribution in [0.1, 0.15) is 40.3 Å².